The zero-order valence-corrected chi connectivity index (χ0v) is 8.74. The molecule has 0 aliphatic rings. The van der Waals surface area contributed by atoms with Crippen molar-refractivity contribution in [3.63, 3.8) is 0 Å². The van der Waals surface area contributed by atoms with Crippen LogP contribution in [0.25, 0.3) is 21.5 Å². The van der Waals surface area contributed by atoms with Crippen LogP contribution in [-0.4, -0.2) is 9.97 Å². The van der Waals surface area contributed by atoms with Crippen molar-refractivity contribution >= 4 is 21.7 Å². The summed E-state index contributed by atoms with van der Waals surface area (Å²) in [5.74, 6) is 0. The molecule has 0 N–H and O–H groups in total. The third kappa shape index (κ3) is 1.41. The molecule has 72 valence electrons. The number of rotatable bonds is 1. The number of pyridine rings is 1. The summed E-state index contributed by atoms with van der Waals surface area (Å²) in [6.45, 7) is 0. The molecule has 0 unspecified atom stereocenters. The Bertz CT molecular complexity index is 587. The molecule has 0 radical (unpaired) electrons. The highest BCUT2D eigenvalue weighted by atomic mass is 32.1. The number of aromatic nitrogens is 2. The zero-order chi connectivity index (χ0) is 10.1. The second kappa shape index (κ2) is 3.44. The standard InChI is InChI=1S/C12H8N2S/c1-2-4-9(5-3-1)10-6-7-13-12-11(10)15-8-14-12/h1-8H. The quantitative estimate of drug-likeness (QED) is 0.618. The first-order chi connectivity index (χ1) is 7.45. The average Bonchev–Trinajstić information content (AvgIpc) is 2.78. The minimum atomic E-state index is 0.835. The van der Waals surface area contributed by atoms with Gasteiger partial charge in [0.15, 0.2) is 5.65 Å². The summed E-state index contributed by atoms with van der Waals surface area (Å²) in [6.07, 6.45) is 1.81. The van der Waals surface area contributed by atoms with Crippen molar-refractivity contribution in [3.05, 3.63) is 48.1 Å². The Morgan fingerprint density at radius 3 is 2.67 bits per heavy atom. The number of hydrogen-bond acceptors (Lipinski definition) is 3. The normalized spacial score (nSPS) is 10.7. The first-order valence-corrected chi connectivity index (χ1v) is 5.57. The SMILES string of the molecule is c1ccc(-c2ccnc3ncsc23)cc1. The van der Waals surface area contributed by atoms with E-state index in [0.29, 0.717) is 0 Å². The molecule has 2 heterocycles. The molecule has 0 saturated carbocycles. The summed E-state index contributed by atoms with van der Waals surface area (Å²) in [5.41, 5.74) is 5.10. The molecule has 3 rings (SSSR count). The molecule has 0 fully saturated rings. The van der Waals surface area contributed by atoms with Gasteiger partial charge >= 0.3 is 0 Å². The lowest BCUT2D eigenvalue weighted by molar-refractivity contribution is 1.33. The van der Waals surface area contributed by atoms with E-state index in [1.807, 2.05) is 36.0 Å². The van der Waals surface area contributed by atoms with E-state index in [1.165, 1.54) is 11.1 Å². The lowest BCUT2D eigenvalue weighted by atomic mass is 10.1. The molecular formula is C12H8N2S. The summed E-state index contributed by atoms with van der Waals surface area (Å²) in [4.78, 5) is 8.44. The minimum absolute atomic E-state index is 0.835. The Balaban J connectivity index is 2.31. The Morgan fingerprint density at radius 2 is 1.80 bits per heavy atom. The van der Waals surface area contributed by atoms with Gasteiger partial charge in [-0.3, -0.25) is 0 Å². The fraction of sp³-hybridized carbons (Fsp3) is 0. The van der Waals surface area contributed by atoms with Crippen LogP contribution >= 0.6 is 11.3 Å². The van der Waals surface area contributed by atoms with E-state index in [0.717, 1.165) is 10.3 Å². The van der Waals surface area contributed by atoms with E-state index in [2.05, 4.69) is 22.1 Å². The summed E-state index contributed by atoms with van der Waals surface area (Å²) in [6, 6.07) is 12.4. The molecule has 2 aromatic heterocycles. The van der Waals surface area contributed by atoms with Crippen LogP contribution in [0.2, 0.25) is 0 Å². The van der Waals surface area contributed by atoms with E-state index in [1.54, 1.807) is 11.3 Å². The van der Waals surface area contributed by atoms with Crippen LogP contribution in [-0.2, 0) is 0 Å². The van der Waals surface area contributed by atoms with Gasteiger partial charge in [-0.05, 0) is 11.6 Å². The van der Waals surface area contributed by atoms with Crippen LogP contribution in [0.4, 0.5) is 0 Å². The van der Waals surface area contributed by atoms with Crippen LogP contribution in [0.3, 0.4) is 0 Å². The van der Waals surface area contributed by atoms with Crippen molar-refractivity contribution in [3.8, 4) is 11.1 Å². The second-order valence-electron chi connectivity index (χ2n) is 3.23. The number of fused-ring (bicyclic) bond motifs is 1. The van der Waals surface area contributed by atoms with Gasteiger partial charge in [-0.1, -0.05) is 30.3 Å². The summed E-state index contributed by atoms with van der Waals surface area (Å²) >= 11 is 1.64. The molecule has 0 amide bonds. The summed E-state index contributed by atoms with van der Waals surface area (Å²) in [5, 5.41) is 0. The first-order valence-electron chi connectivity index (χ1n) is 4.69. The van der Waals surface area contributed by atoms with E-state index in [4.69, 9.17) is 0 Å². The molecule has 0 aliphatic heterocycles. The summed E-state index contributed by atoms with van der Waals surface area (Å²) < 4.78 is 1.16. The Kier molecular flexibility index (Phi) is 1.96. The molecule has 1 aromatic carbocycles. The van der Waals surface area contributed by atoms with Crippen molar-refractivity contribution in [2.75, 3.05) is 0 Å². The molecule has 15 heavy (non-hydrogen) atoms. The van der Waals surface area contributed by atoms with Crippen molar-refractivity contribution in [1.82, 2.24) is 9.97 Å². The van der Waals surface area contributed by atoms with Crippen LogP contribution < -0.4 is 0 Å². The second-order valence-corrected chi connectivity index (χ2v) is 4.08. The molecule has 0 aliphatic carbocycles. The Morgan fingerprint density at radius 1 is 0.933 bits per heavy atom. The molecule has 3 aromatic rings. The lowest BCUT2D eigenvalue weighted by Gasteiger charge is -2.00. The maximum absolute atomic E-state index is 4.23. The molecule has 0 atom stereocenters. The van der Waals surface area contributed by atoms with E-state index < -0.39 is 0 Å². The van der Waals surface area contributed by atoms with E-state index >= 15 is 0 Å². The monoisotopic (exact) mass is 212 g/mol. The van der Waals surface area contributed by atoms with Crippen LogP contribution in [0.1, 0.15) is 0 Å². The van der Waals surface area contributed by atoms with Crippen LogP contribution in [0.15, 0.2) is 48.1 Å². The third-order valence-corrected chi connectivity index (χ3v) is 3.17. The number of benzene rings is 1. The highest BCUT2D eigenvalue weighted by molar-refractivity contribution is 7.17. The molecule has 0 bridgehead atoms. The van der Waals surface area contributed by atoms with Gasteiger partial charge in [0.25, 0.3) is 0 Å². The Hall–Kier alpha value is -1.74. The Labute approximate surface area is 91.2 Å². The van der Waals surface area contributed by atoms with Crippen molar-refractivity contribution in [2.24, 2.45) is 0 Å². The molecule has 2 nitrogen and oxygen atoms in total. The first kappa shape index (κ1) is 8.56. The minimum Gasteiger partial charge on any atom is -0.236 e. The number of nitrogens with zero attached hydrogens (tertiary/aromatic N) is 2. The number of hydrogen-bond donors (Lipinski definition) is 0. The van der Waals surface area contributed by atoms with Gasteiger partial charge in [0.2, 0.25) is 0 Å². The summed E-state index contributed by atoms with van der Waals surface area (Å²) in [7, 11) is 0. The highest BCUT2D eigenvalue weighted by Crippen LogP contribution is 2.29. The van der Waals surface area contributed by atoms with E-state index in [9.17, 15) is 0 Å². The highest BCUT2D eigenvalue weighted by Gasteiger charge is 2.05. The molecule has 0 spiro atoms. The largest absolute Gasteiger partial charge is 0.236 e. The molecule has 0 saturated heterocycles. The molecule has 3 heteroatoms. The molecular weight excluding hydrogens is 204 g/mol. The maximum Gasteiger partial charge on any atom is 0.170 e. The van der Waals surface area contributed by atoms with Gasteiger partial charge in [-0.25, -0.2) is 9.97 Å². The van der Waals surface area contributed by atoms with Crippen molar-refractivity contribution in [2.45, 2.75) is 0 Å². The smallest absolute Gasteiger partial charge is 0.170 e. The maximum atomic E-state index is 4.23. The van der Waals surface area contributed by atoms with Crippen molar-refractivity contribution in [1.29, 1.82) is 0 Å². The van der Waals surface area contributed by atoms with Crippen LogP contribution in [0.5, 0.6) is 0 Å². The fourth-order valence-electron chi connectivity index (χ4n) is 1.62. The lowest BCUT2D eigenvalue weighted by Crippen LogP contribution is -1.80. The average molecular weight is 212 g/mol. The topological polar surface area (TPSA) is 25.8 Å². The van der Waals surface area contributed by atoms with Gasteiger partial charge in [0, 0.05) is 11.8 Å². The van der Waals surface area contributed by atoms with Gasteiger partial charge in [0.1, 0.15) is 0 Å². The van der Waals surface area contributed by atoms with Gasteiger partial charge in [0.05, 0.1) is 10.2 Å². The van der Waals surface area contributed by atoms with Crippen LogP contribution in [0, 0.1) is 0 Å². The van der Waals surface area contributed by atoms with Gasteiger partial charge in [-0.15, -0.1) is 11.3 Å². The van der Waals surface area contributed by atoms with Gasteiger partial charge in [-0.2, -0.15) is 0 Å². The van der Waals surface area contributed by atoms with Crippen molar-refractivity contribution < 1.29 is 0 Å². The number of thiazole rings is 1. The van der Waals surface area contributed by atoms with Gasteiger partial charge < -0.3 is 0 Å². The third-order valence-electron chi connectivity index (χ3n) is 2.32. The predicted octanol–water partition coefficient (Wildman–Crippen LogP) is 3.36. The van der Waals surface area contributed by atoms with E-state index in [-0.39, 0.29) is 0 Å². The fourth-order valence-corrected chi connectivity index (χ4v) is 2.40. The zero-order valence-electron chi connectivity index (χ0n) is 7.92. The predicted molar refractivity (Wildman–Crippen MR) is 62.9 cm³/mol.